The van der Waals surface area contributed by atoms with Gasteiger partial charge in [-0.15, -0.1) is 0 Å². The van der Waals surface area contributed by atoms with Crippen LogP contribution in [0.2, 0.25) is 5.02 Å². The minimum atomic E-state index is -1.17. The predicted octanol–water partition coefficient (Wildman–Crippen LogP) is 3.11. The van der Waals surface area contributed by atoms with Crippen LogP contribution in [0.25, 0.3) is 0 Å². The largest absolute Gasteiger partial charge is 0.618 e. The van der Waals surface area contributed by atoms with E-state index in [0.717, 1.165) is 24.6 Å². The van der Waals surface area contributed by atoms with Gasteiger partial charge >= 0.3 is 5.97 Å². The molecule has 1 unspecified atom stereocenters. The van der Waals surface area contributed by atoms with E-state index >= 15 is 0 Å². The molecule has 1 aromatic heterocycles. The van der Waals surface area contributed by atoms with Crippen LogP contribution in [0.4, 0.5) is 0 Å². The number of aromatic nitrogens is 1. The number of ether oxygens (including phenoxy) is 1. The number of rotatable bonds is 7. The molecule has 0 radical (unpaired) electrons. The summed E-state index contributed by atoms with van der Waals surface area (Å²) in [6, 6.07) is 11.9. The molecule has 0 spiro atoms. The van der Waals surface area contributed by atoms with Crippen molar-refractivity contribution in [3.63, 3.8) is 0 Å². The first-order chi connectivity index (χ1) is 14.9. The molecule has 0 saturated heterocycles. The van der Waals surface area contributed by atoms with E-state index in [4.69, 9.17) is 16.3 Å². The highest BCUT2D eigenvalue weighted by atomic mass is 35.5. The van der Waals surface area contributed by atoms with E-state index in [1.807, 2.05) is 0 Å². The first kappa shape index (κ1) is 23.1. The SMILES string of the molecule is CN(C(=O)COC(=O)CSc1cccc[n+]1[O-])C1(c2ccccc2Cl)CCCCC1=O. The summed E-state index contributed by atoms with van der Waals surface area (Å²) in [5.41, 5.74) is -0.587. The lowest BCUT2D eigenvalue weighted by Crippen LogP contribution is -2.55. The number of hydrogen-bond donors (Lipinski definition) is 0. The Labute approximate surface area is 189 Å². The maximum Gasteiger partial charge on any atom is 0.317 e. The molecule has 31 heavy (non-hydrogen) atoms. The van der Waals surface area contributed by atoms with Crippen LogP contribution in [0.1, 0.15) is 31.2 Å². The quantitative estimate of drug-likeness (QED) is 0.272. The smallest absolute Gasteiger partial charge is 0.317 e. The highest BCUT2D eigenvalue weighted by Gasteiger charge is 2.47. The number of thioether (sulfide) groups is 1. The molecule has 2 aromatic rings. The summed E-state index contributed by atoms with van der Waals surface area (Å²) >= 11 is 7.42. The van der Waals surface area contributed by atoms with Crippen molar-refractivity contribution in [2.75, 3.05) is 19.4 Å². The van der Waals surface area contributed by atoms with Crippen molar-refractivity contribution >= 4 is 41.0 Å². The summed E-state index contributed by atoms with van der Waals surface area (Å²) in [5, 5.41) is 12.4. The number of hydrogen-bond acceptors (Lipinski definition) is 6. The number of likely N-dealkylation sites (N-methyl/N-ethyl adjacent to an activating group) is 1. The van der Waals surface area contributed by atoms with Gasteiger partial charge in [-0.05, 0) is 43.2 Å². The minimum Gasteiger partial charge on any atom is -0.618 e. The van der Waals surface area contributed by atoms with Gasteiger partial charge in [0.1, 0.15) is 11.3 Å². The van der Waals surface area contributed by atoms with Gasteiger partial charge < -0.3 is 14.8 Å². The Hall–Kier alpha value is -2.58. The van der Waals surface area contributed by atoms with E-state index in [-0.39, 0.29) is 11.5 Å². The van der Waals surface area contributed by atoms with Crippen molar-refractivity contribution in [2.45, 2.75) is 36.2 Å². The molecule has 0 N–H and O–H groups in total. The molecule has 9 heteroatoms. The number of carbonyl (C=O) groups is 3. The number of ketones is 1. The van der Waals surface area contributed by atoms with Crippen molar-refractivity contribution in [3.05, 3.63) is 64.5 Å². The molecular formula is C22H23ClN2O5S. The number of halogens is 1. The monoisotopic (exact) mass is 462 g/mol. The summed E-state index contributed by atoms with van der Waals surface area (Å²) in [4.78, 5) is 39.4. The molecular weight excluding hydrogens is 440 g/mol. The van der Waals surface area contributed by atoms with Crippen molar-refractivity contribution in [2.24, 2.45) is 0 Å². The van der Waals surface area contributed by atoms with Crippen LogP contribution >= 0.6 is 23.4 Å². The molecule has 3 rings (SSSR count). The third kappa shape index (κ3) is 5.02. The molecule has 1 amide bonds. The molecule has 0 aliphatic heterocycles. The lowest BCUT2D eigenvalue weighted by Gasteiger charge is -2.43. The van der Waals surface area contributed by atoms with Gasteiger partial charge in [-0.2, -0.15) is 4.73 Å². The number of amides is 1. The Kier molecular flexibility index (Phi) is 7.56. The minimum absolute atomic E-state index is 0.0753. The fraction of sp³-hybridized carbons (Fsp3) is 0.364. The van der Waals surface area contributed by atoms with Gasteiger partial charge in [-0.1, -0.05) is 29.8 Å². The predicted molar refractivity (Wildman–Crippen MR) is 116 cm³/mol. The molecule has 7 nitrogen and oxygen atoms in total. The van der Waals surface area contributed by atoms with Crippen LogP contribution in [0.15, 0.2) is 53.7 Å². The van der Waals surface area contributed by atoms with Crippen LogP contribution in [0, 0.1) is 5.21 Å². The Morgan fingerprint density at radius 2 is 1.97 bits per heavy atom. The zero-order chi connectivity index (χ0) is 22.4. The van der Waals surface area contributed by atoms with Gasteiger partial charge in [-0.3, -0.25) is 14.4 Å². The Morgan fingerprint density at radius 3 is 2.68 bits per heavy atom. The number of Topliss-reactive ketones (excluding diaryl/α,β-unsaturated/α-hetero) is 1. The Balaban J connectivity index is 1.68. The zero-order valence-electron chi connectivity index (χ0n) is 17.1. The topological polar surface area (TPSA) is 90.6 Å². The number of esters is 1. The first-order valence-electron chi connectivity index (χ1n) is 9.88. The molecule has 1 aromatic carbocycles. The highest BCUT2D eigenvalue weighted by molar-refractivity contribution is 7.99. The van der Waals surface area contributed by atoms with Crippen LogP contribution in [0.3, 0.4) is 0 Å². The maximum atomic E-state index is 13.0. The molecule has 1 aliphatic carbocycles. The molecule has 1 saturated carbocycles. The summed E-state index contributed by atoms with van der Waals surface area (Å²) in [6.45, 7) is -0.498. The summed E-state index contributed by atoms with van der Waals surface area (Å²) < 4.78 is 5.77. The van der Waals surface area contributed by atoms with Gasteiger partial charge in [0.05, 0.1) is 0 Å². The van der Waals surface area contributed by atoms with Crippen LogP contribution in [-0.4, -0.2) is 42.0 Å². The third-order valence-electron chi connectivity index (χ3n) is 5.40. The van der Waals surface area contributed by atoms with Gasteiger partial charge in [0.25, 0.3) is 10.9 Å². The number of carbonyl (C=O) groups excluding carboxylic acids is 3. The fourth-order valence-corrected chi connectivity index (χ4v) is 4.78. The van der Waals surface area contributed by atoms with E-state index in [2.05, 4.69) is 0 Å². The number of pyridine rings is 1. The van der Waals surface area contributed by atoms with Crippen molar-refractivity contribution in [1.82, 2.24) is 4.90 Å². The van der Waals surface area contributed by atoms with Crippen LogP contribution in [-0.2, 0) is 24.7 Å². The van der Waals surface area contributed by atoms with E-state index in [1.54, 1.807) is 49.5 Å². The average molecular weight is 463 g/mol. The van der Waals surface area contributed by atoms with Gasteiger partial charge in [0, 0.05) is 36.2 Å². The van der Waals surface area contributed by atoms with Crippen molar-refractivity contribution in [1.29, 1.82) is 0 Å². The number of nitrogens with zero attached hydrogens (tertiary/aromatic N) is 2. The zero-order valence-corrected chi connectivity index (χ0v) is 18.7. The molecule has 1 fully saturated rings. The second-order valence-corrected chi connectivity index (χ2v) is 8.64. The maximum absolute atomic E-state index is 13.0. The lowest BCUT2D eigenvalue weighted by atomic mass is 9.74. The molecule has 1 aliphatic rings. The lowest BCUT2D eigenvalue weighted by molar-refractivity contribution is -0.645. The first-order valence-corrected chi connectivity index (χ1v) is 11.2. The molecule has 164 valence electrons. The Morgan fingerprint density at radius 1 is 1.23 bits per heavy atom. The fourth-order valence-electron chi connectivity index (χ4n) is 3.78. The van der Waals surface area contributed by atoms with Gasteiger partial charge in [0.15, 0.2) is 18.6 Å². The normalized spacial score (nSPS) is 18.5. The van der Waals surface area contributed by atoms with Crippen LogP contribution < -0.4 is 4.73 Å². The molecule has 0 bridgehead atoms. The summed E-state index contributed by atoms with van der Waals surface area (Å²) in [6.07, 6.45) is 3.68. The second-order valence-electron chi connectivity index (χ2n) is 7.24. The average Bonchev–Trinajstić information content (AvgIpc) is 2.77. The third-order valence-corrected chi connectivity index (χ3v) is 6.72. The molecule has 1 atom stereocenters. The Bertz CT molecular complexity index is 986. The van der Waals surface area contributed by atoms with Crippen molar-refractivity contribution in [3.8, 4) is 0 Å². The van der Waals surface area contributed by atoms with Gasteiger partial charge in [0.2, 0.25) is 0 Å². The standard InChI is InChI=1S/C22H23ClN2O5S/c1-24(19(27)14-30-21(28)15-31-20-11-5-7-13-25(20)29)22(12-6-4-10-18(22)26)16-8-2-3-9-17(16)23/h2-3,5,7-9,11,13H,4,6,10,12,14-15H2,1H3. The van der Waals surface area contributed by atoms with Crippen molar-refractivity contribution < 1.29 is 23.9 Å². The van der Waals surface area contributed by atoms with Crippen LogP contribution in [0.5, 0.6) is 0 Å². The second kappa shape index (κ2) is 10.2. The summed E-state index contributed by atoms with van der Waals surface area (Å²) in [7, 11) is 1.54. The summed E-state index contributed by atoms with van der Waals surface area (Å²) in [5.74, 6) is -1.31. The van der Waals surface area contributed by atoms with E-state index in [1.165, 1.54) is 11.1 Å². The van der Waals surface area contributed by atoms with E-state index < -0.39 is 24.0 Å². The highest BCUT2D eigenvalue weighted by Crippen LogP contribution is 2.42. The van der Waals surface area contributed by atoms with E-state index in [9.17, 15) is 19.6 Å². The van der Waals surface area contributed by atoms with Gasteiger partial charge in [-0.25, -0.2) is 0 Å². The molecule has 1 heterocycles. The number of benzene rings is 1. The van der Waals surface area contributed by atoms with E-state index in [0.29, 0.717) is 33.2 Å².